The van der Waals surface area contributed by atoms with Gasteiger partial charge in [0.2, 0.25) is 0 Å². The van der Waals surface area contributed by atoms with Gasteiger partial charge in [-0.3, -0.25) is 0 Å². The quantitative estimate of drug-likeness (QED) is 0.875. The van der Waals surface area contributed by atoms with Gasteiger partial charge in [0.05, 0.1) is 6.61 Å². The van der Waals surface area contributed by atoms with Gasteiger partial charge in [-0.1, -0.05) is 46.3 Å². The molecule has 3 heteroatoms. The molecule has 0 atom stereocenters. The topological polar surface area (TPSA) is 21.3 Å². The molecule has 0 unspecified atom stereocenters. The number of hydrogen-bond donors (Lipinski definition) is 1. The molecule has 2 nitrogen and oxygen atoms in total. The largest absolute Gasteiger partial charge is 0.381 e. The van der Waals surface area contributed by atoms with Crippen molar-refractivity contribution in [2.24, 2.45) is 0 Å². The van der Waals surface area contributed by atoms with Crippen LogP contribution in [0.25, 0.3) is 0 Å². The van der Waals surface area contributed by atoms with Crippen molar-refractivity contribution in [3.63, 3.8) is 0 Å². The molecule has 0 heterocycles. The molecule has 2 aromatic rings. The van der Waals surface area contributed by atoms with Crippen molar-refractivity contribution in [2.45, 2.75) is 20.1 Å². The monoisotopic (exact) mass is 319 g/mol. The Labute approximate surface area is 122 Å². The van der Waals surface area contributed by atoms with Crippen LogP contribution in [0.2, 0.25) is 0 Å². The van der Waals surface area contributed by atoms with E-state index in [9.17, 15) is 0 Å². The van der Waals surface area contributed by atoms with Crippen molar-refractivity contribution in [1.82, 2.24) is 0 Å². The smallest absolute Gasteiger partial charge is 0.0713 e. The minimum atomic E-state index is 0.657. The van der Waals surface area contributed by atoms with E-state index in [1.165, 1.54) is 16.7 Å². The second kappa shape index (κ2) is 6.73. The van der Waals surface area contributed by atoms with Crippen LogP contribution in [0.1, 0.15) is 16.7 Å². The lowest BCUT2D eigenvalue weighted by Gasteiger charge is -2.09. The summed E-state index contributed by atoms with van der Waals surface area (Å²) in [6.45, 7) is 3.55. The van der Waals surface area contributed by atoms with Crippen LogP contribution < -0.4 is 5.32 Å². The van der Waals surface area contributed by atoms with Gasteiger partial charge in [-0.25, -0.2) is 0 Å². The van der Waals surface area contributed by atoms with Crippen LogP contribution in [0.15, 0.2) is 46.9 Å². The molecule has 1 N–H and O–H groups in total. The maximum absolute atomic E-state index is 5.15. The Hall–Kier alpha value is -1.32. The predicted molar refractivity (Wildman–Crippen MR) is 83.4 cm³/mol. The van der Waals surface area contributed by atoms with Crippen LogP contribution >= 0.6 is 15.9 Å². The molecule has 0 spiro atoms. The second-order valence-electron chi connectivity index (χ2n) is 4.57. The molecule has 0 aromatic heterocycles. The maximum Gasteiger partial charge on any atom is 0.0713 e. The van der Waals surface area contributed by atoms with E-state index < -0.39 is 0 Å². The van der Waals surface area contributed by atoms with E-state index in [0.29, 0.717) is 6.61 Å². The fourth-order valence-corrected chi connectivity index (χ4v) is 2.28. The summed E-state index contributed by atoms with van der Waals surface area (Å²) in [5, 5.41) is 3.43. The number of anilines is 1. The third-order valence-corrected chi connectivity index (χ3v) is 3.83. The number of hydrogen-bond acceptors (Lipinski definition) is 2. The highest BCUT2D eigenvalue weighted by Crippen LogP contribution is 2.21. The lowest BCUT2D eigenvalue weighted by molar-refractivity contribution is 0.185. The molecule has 0 radical (unpaired) electrons. The number of nitrogens with one attached hydrogen (secondary N) is 1. The summed E-state index contributed by atoms with van der Waals surface area (Å²) in [6.07, 6.45) is 0. The fraction of sp³-hybridized carbons (Fsp3) is 0.250. The lowest BCUT2D eigenvalue weighted by Crippen LogP contribution is -2.00. The van der Waals surface area contributed by atoms with Crippen molar-refractivity contribution in [2.75, 3.05) is 12.4 Å². The summed E-state index contributed by atoms with van der Waals surface area (Å²) >= 11 is 3.55. The number of benzene rings is 2. The molecule has 0 aliphatic carbocycles. The Bertz CT molecular complexity index is 554. The first-order chi connectivity index (χ1) is 9.19. The molecule has 0 saturated heterocycles. The van der Waals surface area contributed by atoms with Crippen molar-refractivity contribution in [1.29, 1.82) is 0 Å². The van der Waals surface area contributed by atoms with E-state index >= 15 is 0 Å². The van der Waals surface area contributed by atoms with Gasteiger partial charge >= 0.3 is 0 Å². The summed E-state index contributed by atoms with van der Waals surface area (Å²) in [7, 11) is 1.72. The number of ether oxygens (including phenoxy) is 1. The van der Waals surface area contributed by atoms with Crippen molar-refractivity contribution < 1.29 is 4.74 Å². The van der Waals surface area contributed by atoms with E-state index in [-0.39, 0.29) is 0 Å². The molecule has 0 bridgehead atoms. The first-order valence-electron chi connectivity index (χ1n) is 6.26. The second-order valence-corrected chi connectivity index (χ2v) is 5.42. The van der Waals surface area contributed by atoms with E-state index in [2.05, 4.69) is 70.6 Å². The molecule has 0 aliphatic rings. The molecule has 100 valence electrons. The van der Waals surface area contributed by atoms with Crippen molar-refractivity contribution in [3.05, 3.63) is 63.6 Å². The first-order valence-corrected chi connectivity index (χ1v) is 7.05. The molecule has 2 aromatic carbocycles. The minimum Gasteiger partial charge on any atom is -0.381 e. The molecule has 0 fully saturated rings. The normalized spacial score (nSPS) is 10.5. The van der Waals surface area contributed by atoms with Crippen LogP contribution in [-0.4, -0.2) is 7.11 Å². The van der Waals surface area contributed by atoms with Gasteiger partial charge in [-0.2, -0.15) is 0 Å². The van der Waals surface area contributed by atoms with E-state index in [0.717, 1.165) is 16.7 Å². The standard InChI is InChI=1S/C16H18BrNO/c1-12-6-7-15(9-16(12)17)18-10-13-4-3-5-14(8-13)11-19-2/h3-9,18H,10-11H2,1-2H3. The van der Waals surface area contributed by atoms with Gasteiger partial charge in [0.1, 0.15) is 0 Å². The zero-order valence-electron chi connectivity index (χ0n) is 11.2. The summed E-state index contributed by atoms with van der Waals surface area (Å²) < 4.78 is 6.28. The number of halogens is 1. The number of aryl methyl sites for hydroxylation is 1. The van der Waals surface area contributed by atoms with Gasteiger partial charge in [0.25, 0.3) is 0 Å². The minimum absolute atomic E-state index is 0.657. The van der Waals surface area contributed by atoms with Gasteiger partial charge in [-0.15, -0.1) is 0 Å². The SMILES string of the molecule is COCc1cccc(CNc2ccc(C)c(Br)c2)c1. The van der Waals surface area contributed by atoms with Gasteiger partial charge in [0, 0.05) is 23.8 Å². The van der Waals surface area contributed by atoms with Gasteiger partial charge in [0.15, 0.2) is 0 Å². The van der Waals surface area contributed by atoms with E-state index in [1.807, 2.05) is 0 Å². The van der Waals surface area contributed by atoms with E-state index in [4.69, 9.17) is 4.74 Å². The highest BCUT2D eigenvalue weighted by Gasteiger charge is 1.99. The van der Waals surface area contributed by atoms with Gasteiger partial charge < -0.3 is 10.1 Å². The van der Waals surface area contributed by atoms with Crippen LogP contribution in [0.3, 0.4) is 0 Å². The summed E-state index contributed by atoms with van der Waals surface area (Å²) in [4.78, 5) is 0. The Morgan fingerprint density at radius 3 is 2.63 bits per heavy atom. The lowest BCUT2D eigenvalue weighted by atomic mass is 10.1. The Balaban J connectivity index is 2.01. The Morgan fingerprint density at radius 2 is 1.89 bits per heavy atom. The third kappa shape index (κ3) is 4.08. The maximum atomic E-state index is 5.15. The Morgan fingerprint density at radius 1 is 1.11 bits per heavy atom. The molecule has 0 aliphatic heterocycles. The molecule has 0 saturated carbocycles. The number of methoxy groups -OCH3 is 1. The summed E-state index contributed by atoms with van der Waals surface area (Å²) in [5.41, 5.74) is 4.82. The Kier molecular flexibility index (Phi) is 5.00. The average molecular weight is 320 g/mol. The first kappa shape index (κ1) is 14.1. The van der Waals surface area contributed by atoms with Crippen LogP contribution in [0, 0.1) is 6.92 Å². The van der Waals surface area contributed by atoms with Crippen molar-refractivity contribution in [3.8, 4) is 0 Å². The van der Waals surface area contributed by atoms with Gasteiger partial charge in [-0.05, 0) is 35.7 Å². The predicted octanol–water partition coefficient (Wildman–Crippen LogP) is 4.52. The van der Waals surface area contributed by atoms with Crippen LogP contribution in [0.4, 0.5) is 5.69 Å². The fourth-order valence-electron chi connectivity index (χ4n) is 1.90. The molecule has 2 rings (SSSR count). The molecular weight excluding hydrogens is 302 g/mol. The molecular formula is C16H18BrNO. The zero-order chi connectivity index (χ0) is 13.7. The highest BCUT2D eigenvalue weighted by atomic mass is 79.9. The molecule has 19 heavy (non-hydrogen) atoms. The zero-order valence-corrected chi connectivity index (χ0v) is 12.8. The third-order valence-electron chi connectivity index (χ3n) is 2.97. The molecule has 0 amide bonds. The summed E-state index contributed by atoms with van der Waals surface area (Å²) in [5.74, 6) is 0. The van der Waals surface area contributed by atoms with Crippen LogP contribution in [0.5, 0.6) is 0 Å². The van der Waals surface area contributed by atoms with Crippen LogP contribution in [-0.2, 0) is 17.9 Å². The number of rotatable bonds is 5. The van der Waals surface area contributed by atoms with Crippen molar-refractivity contribution >= 4 is 21.6 Å². The highest BCUT2D eigenvalue weighted by molar-refractivity contribution is 9.10. The summed E-state index contributed by atoms with van der Waals surface area (Å²) in [6, 6.07) is 14.7. The van der Waals surface area contributed by atoms with E-state index in [1.54, 1.807) is 7.11 Å². The average Bonchev–Trinajstić information content (AvgIpc) is 2.41.